The van der Waals surface area contributed by atoms with Crippen LogP contribution in [0, 0.1) is 11.6 Å². The molecule has 0 spiro atoms. The number of halogens is 3. The maximum Gasteiger partial charge on any atom is 0.418 e. The second kappa shape index (κ2) is 12.2. The van der Waals surface area contributed by atoms with Crippen LogP contribution in [0.1, 0.15) is 37.3 Å². The summed E-state index contributed by atoms with van der Waals surface area (Å²) < 4.78 is 37.3. The molecule has 1 saturated heterocycles. The first kappa shape index (κ1) is 26.6. The molecule has 0 bridgehead atoms. The van der Waals surface area contributed by atoms with E-state index in [9.17, 15) is 23.2 Å². The number of hydrogen-bond acceptors (Lipinski definition) is 6. The fourth-order valence-electron chi connectivity index (χ4n) is 4.36. The molecule has 9 nitrogen and oxygen atoms in total. The molecule has 1 aliphatic carbocycles. The fraction of sp³-hybridized carbons (Fsp3) is 0.400. The van der Waals surface area contributed by atoms with Gasteiger partial charge in [0.2, 0.25) is 0 Å². The molecular weight excluding hydrogens is 510 g/mol. The third-order valence-electron chi connectivity index (χ3n) is 6.29. The van der Waals surface area contributed by atoms with E-state index in [0.717, 1.165) is 29.9 Å². The van der Waals surface area contributed by atoms with Gasteiger partial charge in [0.1, 0.15) is 18.8 Å². The molecule has 37 heavy (non-hydrogen) atoms. The second-order valence-corrected chi connectivity index (χ2v) is 9.27. The molecule has 2 aliphatic rings. The van der Waals surface area contributed by atoms with Gasteiger partial charge in [-0.3, -0.25) is 5.32 Å². The van der Waals surface area contributed by atoms with Crippen molar-refractivity contribution in [1.29, 1.82) is 0 Å². The third kappa shape index (κ3) is 7.07. The molecule has 2 aromatic carbocycles. The van der Waals surface area contributed by atoms with Gasteiger partial charge >= 0.3 is 18.2 Å². The molecule has 0 aromatic heterocycles. The maximum atomic E-state index is 13.6. The predicted molar refractivity (Wildman–Crippen MR) is 131 cm³/mol. The number of urea groups is 1. The first-order valence-corrected chi connectivity index (χ1v) is 12.3. The highest BCUT2D eigenvalue weighted by Gasteiger charge is 2.39. The lowest BCUT2D eigenvalue weighted by Crippen LogP contribution is -2.45. The van der Waals surface area contributed by atoms with Crippen LogP contribution in [0.25, 0.3) is 0 Å². The topological polar surface area (TPSA) is 109 Å². The minimum atomic E-state index is -1.07. The average molecular weight is 537 g/mol. The predicted octanol–water partition coefficient (Wildman–Crippen LogP) is 4.97. The van der Waals surface area contributed by atoms with Crippen molar-refractivity contribution in [1.82, 2.24) is 15.5 Å². The lowest BCUT2D eigenvalue weighted by molar-refractivity contribution is 0.0793. The van der Waals surface area contributed by atoms with Crippen LogP contribution in [-0.2, 0) is 9.47 Å². The van der Waals surface area contributed by atoms with Gasteiger partial charge in [0.15, 0.2) is 11.6 Å². The van der Waals surface area contributed by atoms with E-state index in [2.05, 4.69) is 16.0 Å². The van der Waals surface area contributed by atoms with Gasteiger partial charge in [-0.05, 0) is 67.6 Å². The summed E-state index contributed by atoms with van der Waals surface area (Å²) in [5, 5.41) is 9.25. The van der Waals surface area contributed by atoms with Crippen LogP contribution >= 0.6 is 11.6 Å². The van der Waals surface area contributed by atoms with E-state index in [1.807, 2.05) is 0 Å². The van der Waals surface area contributed by atoms with Gasteiger partial charge in [-0.1, -0.05) is 17.7 Å². The molecule has 12 heteroatoms. The van der Waals surface area contributed by atoms with Gasteiger partial charge in [-0.15, -0.1) is 0 Å². The van der Waals surface area contributed by atoms with E-state index >= 15 is 0 Å². The van der Waals surface area contributed by atoms with Gasteiger partial charge in [0.25, 0.3) is 0 Å². The Morgan fingerprint density at radius 3 is 2.46 bits per heavy atom. The summed E-state index contributed by atoms with van der Waals surface area (Å²) in [6.45, 7) is 0.559. The third-order valence-corrected chi connectivity index (χ3v) is 6.55. The molecule has 4 amide bonds. The minimum absolute atomic E-state index is 0.140. The molecule has 1 unspecified atom stereocenters. The molecule has 4 rings (SSSR count). The van der Waals surface area contributed by atoms with E-state index in [1.54, 1.807) is 24.3 Å². The number of hydrogen-bond donors (Lipinski definition) is 3. The molecule has 2 aromatic rings. The van der Waals surface area contributed by atoms with E-state index in [0.29, 0.717) is 30.1 Å². The molecule has 2 fully saturated rings. The van der Waals surface area contributed by atoms with Gasteiger partial charge in [0.05, 0.1) is 0 Å². The second-order valence-electron chi connectivity index (χ2n) is 8.83. The van der Waals surface area contributed by atoms with Crippen molar-refractivity contribution in [2.24, 2.45) is 0 Å². The molecule has 1 heterocycles. The Bertz CT molecular complexity index is 1130. The monoisotopic (exact) mass is 536 g/mol. The van der Waals surface area contributed by atoms with Crippen molar-refractivity contribution in [2.45, 2.75) is 43.9 Å². The van der Waals surface area contributed by atoms with Gasteiger partial charge < -0.3 is 20.1 Å². The number of amides is 4. The normalized spacial score (nSPS) is 21.3. The number of anilines is 1. The Labute approximate surface area is 217 Å². The van der Waals surface area contributed by atoms with Crippen molar-refractivity contribution < 1.29 is 32.6 Å². The van der Waals surface area contributed by atoms with E-state index < -0.39 is 35.9 Å². The van der Waals surface area contributed by atoms with Crippen LogP contribution < -0.4 is 16.0 Å². The first-order valence-electron chi connectivity index (χ1n) is 12.0. The summed E-state index contributed by atoms with van der Waals surface area (Å²) in [7, 11) is 0. The van der Waals surface area contributed by atoms with Crippen LogP contribution in [0.4, 0.5) is 28.9 Å². The largest absolute Gasteiger partial charge is 0.446 e. The van der Waals surface area contributed by atoms with Crippen LogP contribution in [0.2, 0.25) is 5.02 Å². The van der Waals surface area contributed by atoms with Crippen LogP contribution in [-0.4, -0.2) is 55.0 Å². The van der Waals surface area contributed by atoms with Gasteiger partial charge in [-0.25, -0.2) is 28.1 Å². The molecule has 198 valence electrons. The molecule has 1 aliphatic heterocycles. The highest BCUT2D eigenvalue weighted by Crippen LogP contribution is 2.29. The lowest BCUT2D eigenvalue weighted by Gasteiger charge is -2.29. The maximum absolute atomic E-state index is 13.6. The Hall–Kier alpha value is -3.44. The Morgan fingerprint density at radius 1 is 1.03 bits per heavy atom. The molecule has 1 atom stereocenters. The van der Waals surface area contributed by atoms with Crippen molar-refractivity contribution >= 4 is 35.5 Å². The number of nitrogens with one attached hydrogen (secondary N) is 3. The number of nitrogens with zero attached hydrogens (tertiary/aromatic N) is 1. The molecule has 0 radical (unpaired) electrons. The quantitative estimate of drug-likeness (QED) is 0.431. The first-order chi connectivity index (χ1) is 17.8. The van der Waals surface area contributed by atoms with Crippen LogP contribution in [0.5, 0.6) is 0 Å². The van der Waals surface area contributed by atoms with Crippen molar-refractivity contribution in [3.63, 3.8) is 0 Å². The standard InChI is InChI=1S/C25H27ClF2N4O5/c26-16-2-4-18(5-3-16)31-24(34)37-19-8-6-17(7-9-19)29-11-12-30-23(33)32-22(14-36-25(32)35)15-1-10-20(27)21(28)13-15/h1-5,10,13,17,19,22,29H,6-9,11-12,14H2,(H,30,33)(H,31,34). The smallest absolute Gasteiger partial charge is 0.418 e. The molecule has 3 N–H and O–H groups in total. The summed E-state index contributed by atoms with van der Waals surface area (Å²) in [4.78, 5) is 37.6. The van der Waals surface area contributed by atoms with Crippen LogP contribution in [0.3, 0.4) is 0 Å². The highest BCUT2D eigenvalue weighted by molar-refractivity contribution is 6.30. The Morgan fingerprint density at radius 2 is 1.76 bits per heavy atom. The van der Waals surface area contributed by atoms with E-state index in [4.69, 9.17) is 21.1 Å². The van der Waals surface area contributed by atoms with Gasteiger partial charge in [0, 0.05) is 29.8 Å². The number of imide groups is 1. The van der Waals surface area contributed by atoms with Crippen LogP contribution in [0.15, 0.2) is 42.5 Å². The average Bonchev–Trinajstić information content (AvgIpc) is 3.27. The molecular formula is C25H27ClF2N4O5. The fourth-order valence-corrected chi connectivity index (χ4v) is 4.48. The number of carbonyl (C=O) groups excluding carboxylic acids is 3. The van der Waals surface area contributed by atoms with Crippen molar-refractivity contribution in [3.05, 3.63) is 64.7 Å². The summed E-state index contributed by atoms with van der Waals surface area (Å²) in [6, 6.07) is 8.63. The zero-order valence-corrected chi connectivity index (χ0v) is 20.6. The minimum Gasteiger partial charge on any atom is -0.446 e. The van der Waals surface area contributed by atoms with Crippen molar-refractivity contribution in [3.8, 4) is 0 Å². The summed E-state index contributed by atoms with van der Waals surface area (Å²) >= 11 is 5.84. The summed E-state index contributed by atoms with van der Waals surface area (Å²) in [6.07, 6.45) is 1.45. The number of carbonyl (C=O) groups is 3. The zero-order valence-electron chi connectivity index (χ0n) is 19.8. The number of rotatable bonds is 7. The lowest BCUT2D eigenvalue weighted by atomic mass is 9.93. The number of benzene rings is 2. The SMILES string of the molecule is O=C(Nc1ccc(Cl)cc1)OC1CCC(NCCNC(=O)N2C(=O)OCC2c2ccc(F)c(F)c2)CC1. The zero-order chi connectivity index (χ0) is 26.4. The van der Waals surface area contributed by atoms with Gasteiger partial charge in [-0.2, -0.15) is 0 Å². The summed E-state index contributed by atoms with van der Waals surface area (Å²) in [5.41, 5.74) is 0.865. The number of ether oxygens (including phenoxy) is 2. The van der Waals surface area contributed by atoms with E-state index in [-0.39, 0.29) is 30.9 Å². The summed E-state index contributed by atoms with van der Waals surface area (Å²) in [5.74, 6) is -2.08. The molecule has 1 saturated carbocycles. The number of cyclic esters (lactones) is 1. The Kier molecular flexibility index (Phi) is 8.78. The van der Waals surface area contributed by atoms with Crippen molar-refractivity contribution in [2.75, 3.05) is 25.0 Å². The Balaban J connectivity index is 1.15. The van der Waals surface area contributed by atoms with E-state index in [1.165, 1.54) is 6.07 Å². The highest BCUT2D eigenvalue weighted by atomic mass is 35.5.